The van der Waals surface area contributed by atoms with Gasteiger partial charge in [0.25, 0.3) is 0 Å². The molecule has 2 aromatic heterocycles. The monoisotopic (exact) mass is 408 g/mol. The maximum Gasteiger partial charge on any atom is 0.242 e. The number of aromatic nitrogens is 3. The number of carbonyl (C=O) groups excluding carboxylic acids is 1. The average molecular weight is 409 g/mol. The maximum absolute atomic E-state index is 12.3. The predicted molar refractivity (Wildman–Crippen MR) is 114 cm³/mol. The summed E-state index contributed by atoms with van der Waals surface area (Å²) in [5.41, 5.74) is 3.12. The SMILES string of the molecule is Cc1ccc(-c2ccc(CNC(=O)Cn3cc(CN4CCN(C)CC4)nn3)o2)cc1. The second-order valence-electron chi connectivity index (χ2n) is 7.90. The molecule has 0 radical (unpaired) electrons. The van der Waals surface area contributed by atoms with Crippen molar-refractivity contribution < 1.29 is 9.21 Å². The first-order valence-corrected chi connectivity index (χ1v) is 10.3. The number of furan rings is 1. The van der Waals surface area contributed by atoms with Crippen molar-refractivity contribution in [1.82, 2.24) is 30.1 Å². The van der Waals surface area contributed by atoms with Crippen LogP contribution in [-0.4, -0.2) is 63.9 Å². The van der Waals surface area contributed by atoms with Crippen LogP contribution in [0.5, 0.6) is 0 Å². The van der Waals surface area contributed by atoms with Crippen molar-refractivity contribution in [3.63, 3.8) is 0 Å². The van der Waals surface area contributed by atoms with E-state index in [4.69, 9.17) is 4.42 Å². The molecule has 1 amide bonds. The van der Waals surface area contributed by atoms with Crippen molar-refractivity contribution in [3.05, 3.63) is 59.6 Å². The molecule has 0 aliphatic carbocycles. The Balaban J connectivity index is 1.24. The quantitative estimate of drug-likeness (QED) is 0.643. The lowest BCUT2D eigenvalue weighted by Gasteiger charge is -2.31. The van der Waals surface area contributed by atoms with E-state index in [9.17, 15) is 4.79 Å². The van der Waals surface area contributed by atoms with Gasteiger partial charge in [-0.1, -0.05) is 35.0 Å². The summed E-state index contributed by atoms with van der Waals surface area (Å²) in [4.78, 5) is 17.0. The number of benzene rings is 1. The number of nitrogens with one attached hydrogen (secondary N) is 1. The molecule has 0 spiro atoms. The van der Waals surface area contributed by atoms with E-state index in [1.165, 1.54) is 5.56 Å². The van der Waals surface area contributed by atoms with Gasteiger partial charge in [0, 0.05) is 38.3 Å². The number of likely N-dealkylation sites (N-methyl/N-ethyl adjacent to an activating group) is 1. The van der Waals surface area contributed by atoms with E-state index in [0.29, 0.717) is 12.3 Å². The van der Waals surface area contributed by atoms with Crippen molar-refractivity contribution in [3.8, 4) is 11.3 Å². The minimum atomic E-state index is -0.126. The fourth-order valence-electron chi connectivity index (χ4n) is 3.46. The van der Waals surface area contributed by atoms with Crippen LogP contribution in [0.2, 0.25) is 0 Å². The molecule has 30 heavy (non-hydrogen) atoms. The van der Waals surface area contributed by atoms with E-state index in [-0.39, 0.29) is 12.5 Å². The van der Waals surface area contributed by atoms with Crippen molar-refractivity contribution in [1.29, 1.82) is 0 Å². The van der Waals surface area contributed by atoms with Gasteiger partial charge < -0.3 is 14.6 Å². The fourth-order valence-corrected chi connectivity index (χ4v) is 3.46. The second kappa shape index (κ2) is 9.23. The Labute approximate surface area is 176 Å². The molecule has 8 nitrogen and oxygen atoms in total. The average Bonchev–Trinajstić information content (AvgIpc) is 3.38. The van der Waals surface area contributed by atoms with Crippen LogP contribution in [0.15, 0.2) is 47.0 Å². The Bertz CT molecular complexity index is 970. The highest BCUT2D eigenvalue weighted by Crippen LogP contribution is 2.22. The van der Waals surface area contributed by atoms with E-state index in [1.807, 2.05) is 30.5 Å². The summed E-state index contributed by atoms with van der Waals surface area (Å²) in [6.45, 7) is 7.48. The third-order valence-corrected chi connectivity index (χ3v) is 5.33. The van der Waals surface area contributed by atoms with Gasteiger partial charge in [0.15, 0.2) is 0 Å². The molecular formula is C22H28N6O2. The Kier molecular flexibility index (Phi) is 6.25. The minimum Gasteiger partial charge on any atom is -0.459 e. The Morgan fingerprint density at radius 2 is 1.87 bits per heavy atom. The molecule has 1 aromatic carbocycles. The lowest BCUT2D eigenvalue weighted by Crippen LogP contribution is -2.43. The van der Waals surface area contributed by atoms with Crippen LogP contribution >= 0.6 is 0 Å². The van der Waals surface area contributed by atoms with Crippen LogP contribution in [0.3, 0.4) is 0 Å². The zero-order valence-corrected chi connectivity index (χ0v) is 17.5. The molecule has 4 rings (SSSR count). The molecule has 0 bridgehead atoms. The molecule has 1 N–H and O–H groups in total. The molecule has 0 unspecified atom stereocenters. The number of nitrogens with zero attached hydrogens (tertiary/aromatic N) is 5. The normalized spacial score (nSPS) is 15.4. The molecule has 1 aliphatic rings. The van der Waals surface area contributed by atoms with Crippen LogP contribution < -0.4 is 5.32 Å². The van der Waals surface area contributed by atoms with Crippen molar-refractivity contribution in [2.45, 2.75) is 26.6 Å². The predicted octanol–water partition coefficient (Wildman–Crippen LogP) is 1.91. The number of piperazine rings is 1. The van der Waals surface area contributed by atoms with Crippen molar-refractivity contribution >= 4 is 5.91 Å². The molecule has 1 aliphatic heterocycles. The van der Waals surface area contributed by atoms with Gasteiger partial charge in [0.2, 0.25) is 5.91 Å². The number of hydrogen-bond acceptors (Lipinski definition) is 6. The highest BCUT2D eigenvalue weighted by molar-refractivity contribution is 5.75. The lowest BCUT2D eigenvalue weighted by atomic mass is 10.1. The Morgan fingerprint density at radius 1 is 1.10 bits per heavy atom. The number of carbonyl (C=O) groups is 1. The number of hydrogen-bond donors (Lipinski definition) is 1. The van der Waals surface area contributed by atoms with E-state index >= 15 is 0 Å². The molecule has 1 fully saturated rings. The summed E-state index contributed by atoms with van der Waals surface area (Å²) >= 11 is 0. The molecule has 3 heterocycles. The minimum absolute atomic E-state index is 0.126. The summed E-state index contributed by atoms with van der Waals surface area (Å²) in [6.07, 6.45) is 1.85. The summed E-state index contributed by atoms with van der Waals surface area (Å²) in [6, 6.07) is 12.0. The second-order valence-corrected chi connectivity index (χ2v) is 7.90. The molecule has 158 valence electrons. The maximum atomic E-state index is 12.3. The number of amides is 1. The molecule has 8 heteroatoms. The van der Waals surface area contributed by atoms with E-state index in [2.05, 4.69) is 51.5 Å². The van der Waals surface area contributed by atoms with Gasteiger partial charge in [-0.3, -0.25) is 9.69 Å². The zero-order chi connectivity index (χ0) is 20.9. The first-order chi connectivity index (χ1) is 14.5. The van der Waals surface area contributed by atoms with E-state index < -0.39 is 0 Å². The van der Waals surface area contributed by atoms with Gasteiger partial charge in [-0.05, 0) is 26.1 Å². The van der Waals surface area contributed by atoms with Gasteiger partial charge in [0.1, 0.15) is 18.1 Å². The first kappa shape index (κ1) is 20.3. The molecular weight excluding hydrogens is 380 g/mol. The molecule has 0 saturated carbocycles. The summed E-state index contributed by atoms with van der Waals surface area (Å²) in [5, 5.41) is 11.2. The van der Waals surface area contributed by atoms with Crippen molar-refractivity contribution in [2.24, 2.45) is 0 Å². The van der Waals surface area contributed by atoms with Crippen LogP contribution in [0.25, 0.3) is 11.3 Å². The highest BCUT2D eigenvalue weighted by Gasteiger charge is 2.16. The van der Waals surface area contributed by atoms with Crippen LogP contribution in [0.1, 0.15) is 17.0 Å². The summed E-state index contributed by atoms with van der Waals surface area (Å²) in [5.74, 6) is 1.39. The van der Waals surface area contributed by atoms with Crippen LogP contribution in [0.4, 0.5) is 0 Å². The van der Waals surface area contributed by atoms with Gasteiger partial charge in [-0.2, -0.15) is 0 Å². The summed E-state index contributed by atoms with van der Waals surface area (Å²) < 4.78 is 7.43. The largest absolute Gasteiger partial charge is 0.459 e. The van der Waals surface area contributed by atoms with Gasteiger partial charge in [0.05, 0.1) is 18.4 Å². The third-order valence-electron chi connectivity index (χ3n) is 5.33. The molecule has 3 aromatic rings. The number of aryl methyl sites for hydroxylation is 1. The fraction of sp³-hybridized carbons (Fsp3) is 0.409. The van der Waals surface area contributed by atoms with Gasteiger partial charge >= 0.3 is 0 Å². The van der Waals surface area contributed by atoms with E-state index in [0.717, 1.165) is 49.7 Å². The van der Waals surface area contributed by atoms with Gasteiger partial charge in [-0.15, -0.1) is 5.10 Å². The Hall–Kier alpha value is -2.97. The number of rotatable bonds is 7. The lowest BCUT2D eigenvalue weighted by molar-refractivity contribution is -0.122. The van der Waals surface area contributed by atoms with E-state index in [1.54, 1.807) is 4.68 Å². The zero-order valence-electron chi connectivity index (χ0n) is 17.5. The molecule has 1 saturated heterocycles. The standard InChI is InChI=1S/C22H28N6O2/c1-17-3-5-18(6-4-17)21-8-7-20(30-21)13-23-22(29)16-28-15-19(24-25-28)14-27-11-9-26(2)10-12-27/h3-8,15H,9-14,16H2,1-2H3,(H,23,29). The topological polar surface area (TPSA) is 79.4 Å². The van der Waals surface area contributed by atoms with Crippen molar-refractivity contribution in [2.75, 3.05) is 33.2 Å². The summed E-state index contributed by atoms with van der Waals surface area (Å²) in [7, 11) is 2.14. The van der Waals surface area contributed by atoms with Crippen LogP contribution in [0, 0.1) is 6.92 Å². The first-order valence-electron chi connectivity index (χ1n) is 10.3. The smallest absolute Gasteiger partial charge is 0.242 e. The van der Waals surface area contributed by atoms with Gasteiger partial charge in [-0.25, -0.2) is 4.68 Å². The van der Waals surface area contributed by atoms with Crippen LogP contribution in [-0.2, 0) is 24.4 Å². The Morgan fingerprint density at radius 3 is 2.63 bits per heavy atom. The third kappa shape index (κ3) is 5.34. The molecule has 0 atom stereocenters. The highest BCUT2D eigenvalue weighted by atomic mass is 16.3.